The van der Waals surface area contributed by atoms with Gasteiger partial charge in [0.1, 0.15) is 4.90 Å². The van der Waals surface area contributed by atoms with Crippen LogP contribution in [0.25, 0.3) is 0 Å². The van der Waals surface area contributed by atoms with Crippen LogP contribution in [-0.2, 0) is 0 Å². The van der Waals surface area contributed by atoms with Crippen molar-refractivity contribution in [3.8, 4) is 0 Å². The molecule has 82 valence electrons. The van der Waals surface area contributed by atoms with Crippen molar-refractivity contribution in [3.05, 3.63) is 22.7 Å². The van der Waals surface area contributed by atoms with Crippen molar-refractivity contribution in [1.29, 1.82) is 0 Å². The third-order valence-corrected chi connectivity index (χ3v) is 3.25. The molecular weight excluding hydrogens is 293 g/mol. The van der Waals surface area contributed by atoms with Gasteiger partial charge in [0.05, 0.1) is 0 Å². The van der Waals surface area contributed by atoms with Crippen LogP contribution in [0.3, 0.4) is 0 Å². The maximum Gasteiger partial charge on any atom is 0.310 e. The highest BCUT2D eigenvalue weighted by atomic mass is 79.9. The minimum atomic E-state index is -9.57. The summed E-state index contributed by atoms with van der Waals surface area (Å²) in [6, 6.07) is 1.32. The third kappa shape index (κ3) is 2.50. The lowest BCUT2D eigenvalue weighted by Crippen LogP contribution is -2.06. The van der Waals surface area contributed by atoms with E-state index in [4.69, 9.17) is 5.73 Å². The van der Waals surface area contributed by atoms with Gasteiger partial charge in [-0.05, 0) is 34.1 Å². The van der Waals surface area contributed by atoms with Crippen LogP contribution in [0, 0.1) is 0 Å². The van der Waals surface area contributed by atoms with Gasteiger partial charge >= 0.3 is 10.2 Å². The molecule has 0 fully saturated rings. The van der Waals surface area contributed by atoms with Gasteiger partial charge < -0.3 is 5.73 Å². The lowest BCUT2D eigenvalue weighted by molar-refractivity contribution is 0.364. The van der Waals surface area contributed by atoms with Crippen molar-refractivity contribution in [2.75, 3.05) is 5.73 Å². The molecule has 1 nitrogen and oxygen atoms in total. The highest BCUT2D eigenvalue weighted by Gasteiger charge is 2.65. The van der Waals surface area contributed by atoms with Crippen LogP contribution in [0.15, 0.2) is 27.6 Å². The molecule has 0 atom stereocenters. The Bertz CT molecular complexity index is 386. The van der Waals surface area contributed by atoms with Crippen LogP contribution in [0.2, 0.25) is 0 Å². The van der Waals surface area contributed by atoms with Crippen molar-refractivity contribution in [2.24, 2.45) is 0 Å². The number of anilines is 1. The Hall–Kier alpha value is -0.500. The highest BCUT2D eigenvalue weighted by Crippen LogP contribution is 3.02. The molecule has 0 aromatic heterocycles. The maximum absolute atomic E-state index is 12.2. The summed E-state index contributed by atoms with van der Waals surface area (Å²) in [4.78, 5) is -1.95. The average molecular weight is 298 g/mol. The standard InChI is InChI=1S/C6H5BrF5NS/c7-5-3-4(1-2-6(5)13)14(8,9,10,11)12/h1-3H,13H2. The summed E-state index contributed by atoms with van der Waals surface area (Å²) >= 11 is 2.65. The second-order valence-corrected chi connectivity index (χ2v) is 5.92. The minimum absolute atomic E-state index is 0.0319. The van der Waals surface area contributed by atoms with E-state index in [0.717, 1.165) is 6.07 Å². The average Bonchev–Trinajstić information content (AvgIpc) is 1.89. The second kappa shape index (κ2) is 2.35. The number of halogens is 6. The number of nitrogens with two attached hydrogens (primary N) is 1. The Balaban J connectivity index is 3.45. The molecule has 1 aromatic rings. The van der Waals surface area contributed by atoms with Gasteiger partial charge in [-0.15, -0.1) is 0 Å². The van der Waals surface area contributed by atoms with Gasteiger partial charge in [0.2, 0.25) is 0 Å². The van der Waals surface area contributed by atoms with E-state index in [-0.39, 0.29) is 22.3 Å². The first-order chi connectivity index (χ1) is 5.90. The third-order valence-electron chi connectivity index (χ3n) is 1.42. The van der Waals surface area contributed by atoms with E-state index < -0.39 is 15.1 Å². The predicted octanol–water partition coefficient (Wildman–Crippen LogP) is 4.69. The fourth-order valence-corrected chi connectivity index (χ4v) is 1.94. The molecule has 0 aliphatic carbocycles. The van der Waals surface area contributed by atoms with E-state index in [0.29, 0.717) is 0 Å². The Labute approximate surface area is 84.9 Å². The lowest BCUT2D eigenvalue weighted by Gasteiger charge is -2.40. The Morgan fingerprint density at radius 1 is 1.07 bits per heavy atom. The fraction of sp³-hybridized carbons (Fsp3) is 0. The van der Waals surface area contributed by atoms with Crippen molar-refractivity contribution >= 4 is 31.8 Å². The monoisotopic (exact) mass is 297 g/mol. The molecule has 0 aliphatic heterocycles. The molecule has 0 saturated heterocycles. The molecule has 0 radical (unpaired) electrons. The van der Waals surface area contributed by atoms with E-state index in [9.17, 15) is 19.4 Å². The zero-order valence-electron chi connectivity index (χ0n) is 6.49. The molecule has 0 amide bonds. The van der Waals surface area contributed by atoms with Crippen LogP contribution in [0.1, 0.15) is 0 Å². The molecule has 0 unspecified atom stereocenters. The van der Waals surface area contributed by atoms with Gasteiger partial charge in [0.15, 0.2) is 0 Å². The molecule has 8 heteroatoms. The first-order valence-electron chi connectivity index (χ1n) is 3.19. The van der Waals surface area contributed by atoms with E-state index in [1.807, 2.05) is 0 Å². The van der Waals surface area contributed by atoms with Crippen molar-refractivity contribution in [1.82, 2.24) is 0 Å². The van der Waals surface area contributed by atoms with Gasteiger partial charge in [-0.25, -0.2) is 0 Å². The van der Waals surface area contributed by atoms with E-state index in [2.05, 4.69) is 15.9 Å². The molecule has 0 bridgehead atoms. The van der Waals surface area contributed by atoms with Crippen LogP contribution in [0.5, 0.6) is 0 Å². The van der Waals surface area contributed by atoms with Crippen LogP contribution in [-0.4, -0.2) is 0 Å². The molecule has 1 rings (SSSR count). The molecule has 0 heterocycles. The van der Waals surface area contributed by atoms with Crippen molar-refractivity contribution in [3.63, 3.8) is 0 Å². The summed E-state index contributed by atoms with van der Waals surface area (Å²) in [5.74, 6) is 0. The Morgan fingerprint density at radius 2 is 1.57 bits per heavy atom. The smallest absolute Gasteiger partial charge is 0.310 e. The molecule has 0 aliphatic rings. The molecular formula is C6H5BrF5NS. The number of hydrogen-bond donors (Lipinski definition) is 1. The highest BCUT2D eigenvalue weighted by molar-refractivity contribution is 9.10. The number of benzene rings is 1. The van der Waals surface area contributed by atoms with Crippen molar-refractivity contribution < 1.29 is 19.4 Å². The quantitative estimate of drug-likeness (QED) is 0.591. The first-order valence-corrected chi connectivity index (χ1v) is 5.94. The van der Waals surface area contributed by atoms with E-state index >= 15 is 0 Å². The van der Waals surface area contributed by atoms with Gasteiger partial charge in [-0.2, -0.15) is 0 Å². The molecule has 2 N–H and O–H groups in total. The lowest BCUT2D eigenvalue weighted by atomic mass is 10.3. The minimum Gasteiger partial charge on any atom is -0.398 e. The largest absolute Gasteiger partial charge is 0.398 e. The number of hydrogen-bond acceptors (Lipinski definition) is 1. The maximum atomic E-state index is 12.2. The number of rotatable bonds is 1. The topological polar surface area (TPSA) is 26.0 Å². The molecule has 0 saturated carbocycles. The van der Waals surface area contributed by atoms with Crippen LogP contribution >= 0.6 is 26.2 Å². The zero-order valence-corrected chi connectivity index (χ0v) is 8.89. The summed E-state index contributed by atoms with van der Waals surface area (Å²) in [7, 11) is -9.57. The number of nitrogen functional groups attached to an aromatic ring is 1. The predicted molar refractivity (Wildman–Crippen MR) is 50.0 cm³/mol. The summed E-state index contributed by atoms with van der Waals surface area (Å²) < 4.78 is 60.8. The normalized spacial score (nSPS) is 17.3. The van der Waals surface area contributed by atoms with Crippen molar-refractivity contribution in [2.45, 2.75) is 4.90 Å². The van der Waals surface area contributed by atoms with Gasteiger partial charge in [0, 0.05) is 10.2 Å². The SMILES string of the molecule is Nc1ccc(S(F)(F)(F)(F)F)cc1Br. The Kier molecular flexibility index (Phi) is 1.95. The van der Waals surface area contributed by atoms with Gasteiger partial charge in [-0.3, -0.25) is 0 Å². The molecule has 14 heavy (non-hydrogen) atoms. The summed E-state index contributed by atoms with van der Waals surface area (Å²) in [5, 5.41) is 0. The van der Waals surface area contributed by atoms with Crippen LogP contribution < -0.4 is 5.73 Å². The first kappa shape index (κ1) is 11.6. The molecule has 1 aromatic carbocycles. The zero-order chi connectivity index (χ0) is 11.3. The second-order valence-electron chi connectivity index (χ2n) is 2.65. The summed E-state index contributed by atoms with van der Waals surface area (Å²) in [6.45, 7) is 0. The summed E-state index contributed by atoms with van der Waals surface area (Å²) in [6.07, 6.45) is 0. The molecule has 0 spiro atoms. The van der Waals surface area contributed by atoms with Gasteiger partial charge in [-0.1, -0.05) is 19.4 Å². The Morgan fingerprint density at radius 3 is 1.93 bits per heavy atom. The van der Waals surface area contributed by atoms with E-state index in [1.165, 1.54) is 0 Å². The van der Waals surface area contributed by atoms with E-state index in [1.54, 1.807) is 0 Å². The van der Waals surface area contributed by atoms with Crippen LogP contribution in [0.4, 0.5) is 25.1 Å². The fourth-order valence-electron chi connectivity index (χ4n) is 0.748. The summed E-state index contributed by atoms with van der Waals surface area (Å²) in [5.41, 5.74) is 5.14. The van der Waals surface area contributed by atoms with Gasteiger partial charge in [0.25, 0.3) is 0 Å².